The molecule has 24 heavy (non-hydrogen) atoms. The summed E-state index contributed by atoms with van der Waals surface area (Å²) in [4.78, 5) is 17.3. The van der Waals surface area contributed by atoms with Crippen molar-refractivity contribution >= 4 is 23.2 Å². The molecule has 3 N–H and O–H groups in total. The number of carbonyl (C=O) groups excluding carboxylic acids is 1. The van der Waals surface area contributed by atoms with E-state index in [0.717, 1.165) is 18.9 Å². The molecular weight excluding hydrogens is 324 g/mol. The lowest BCUT2D eigenvalue weighted by atomic mass is 10.1. The van der Waals surface area contributed by atoms with Gasteiger partial charge in [0.15, 0.2) is 11.7 Å². The minimum Gasteiger partial charge on any atom is -0.459 e. The number of thiophene rings is 1. The van der Waals surface area contributed by atoms with E-state index >= 15 is 0 Å². The van der Waals surface area contributed by atoms with E-state index in [1.54, 1.807) is 30.5 Å². The molecule has 0 saturated carbocycles. The van der Waals surface area contributed by atoms with Crippen molar-refractivity contribution in [1.29, 1.82) is 0 Å². The molecule has 0 radical (unpaired) electrons. The van der Waals surface area contributed by atoms with Crippen LogP contribution in [0.15, 0.2) is 45.3 Å². The third-order valence-electron chi connectivity index (χ3n) is 3.42. The van der Waals surface area contributed by atoms with Gasteiger partial charge in [-0.1, -0.05) is 13.0 Å². The summed E-state index contributed by atoms with van der Waals surface area (Å²) in [5.41, 5.74) is 0. The molecule has 6 nitrogen and oxygen atoms in total. The maximum atomic E-state index is 11.7. The summed E-state index contributed by atoms with van der Waals surface area (Å²) >= 11 is 1.79. The standard InChI is InChI=1S/C17H24N4O2S/c1-13(11-14-5-4-10-24-14)12-21-17(18-2)20-8-7-19-16(22)15-6-3-9-23-15/h3-6,9-10,13H,7-8,11-12H2,1-2H3,(H,19,22)(H2,18,20,21). The summed E-state index contributed by atoms with van der Waals surface area (Å²) in [6, 6.07) is 7.57. The number of aliphatic imine (C=N–C) groups is 1. The largest absolute Gasteiger partial charge is 0.459 e. The van der Waals surface area contributed by atoms with E-state index in [4.69, 9.17) is 4.42 Å². The van der Waals surface area contributed by atoms with Gasteiger partial charge >= 0.3 is 0 Å². The number of amides is 1. The van der Waals surface area contributed by atoms with Crippen LogP contribution >= 0.6 is 11.3 Å². The molecule has 0 aliphatic rings. The maximum absolute atomic E-state index is 11.7. The van der Waals surface area contributed by atoms with Crippen LogP contribution in [0.25, 0.3) is 0 Å². The Balaban J connectivity index is 1.61. The predicted octanol–water partition coefficient (Wildman–Crippen LogP) is 2.11. The van der Waals surface area contributed by atoms with Crippen molar-refractivity contribution in [3.05, 3.63) is 46.5 Å². The van der Waals surface area contributed by atoms with E-state index in [1.165, 1.54) is 11.1 Å². The Hall–Kier alpha value is -2.28. The summed E-state index contributed by atoms with van der Waals surface area (Å²) in [5.74, 6) is 1.36. The molecular formula is C17H24N4O2S. The molecule has 0 saturated heterocycles. The third kappa shape index (κ3) is 6.08. The normalized spacial score (nSPS) is 12.7. The molecule has 0 aliphatic carbocycles. The summed E-state index contributed by atoms with van der Waals surface area (Å²) in [5, 5.41) is 11.4. The lowest BCUT2D eigenvalue weighted by Crippen LogP contribution is -2.43. The molecule has 130 valence electrons. The Kier molecular flexibility index (Phi) is 7.35. The van der Waals surface area contributed by atoms with Crippen LogP contribution in [-0.2, 0) is 6.42 Å². The average Bonchev–Trinajstić information content (AvgIpc) is 3.27. The Morgan fingerprint density at radius 1 is 1.25 bits per heavy atom. The molecule has 0 spiro atoms. The van der Waals surface area contributed by atoms with Crippen molar-refractivity contribution in [2.24, 2.45) is 10.9 Å². The summed E-state index contributed by atoms with van der Waals surface area (Å²) in [6.07, 6.45) is 2.54. The highest BCUT2D eigenvalue weighted by atomic mass is 32.1. The van der Waals surface area contributed by atoms with Crippen molar-refractivity contribution < 1.29 is 9.21 Å². The zero-order chi connectivity index (χ0) is 17.2. The van der Waals surface area contributed by atoms with Crippen LogP contribution < -0.4 is 16.0 Å². The van der Waals surface area contributed by atoms with E-state index in [2.05, 4.69) is 45.4 Å². The molecule has 2 aromatic heterocycles. The van der Waals surface area contributed by atoms with Gasteiger partial charge in [-0.15, -0.1) is 11.3 Å². The van der Waals surface area contributed by atoms with Crippen LogP contribution in [0.2, 0.25) is 0 Å². The van der Waals surface area contributed by atoms with Gasteiger partial charge in [0.25, 0.3) is 5.91 Å². The number of carbonyl (C=O) groups is 1. The second kappa shape index (κ2) is 9.77. The van der Waals surface area contributed by atoms with Gasteiger partial charge in [-0.25, -0.2) is 0 Å². The van der Waals surface area contributed by atoms with Gasteiger partial charge in [0.1, 0.15) is 0 Å². The second-order valence-corrected chi connectivity index (χ2v) is 6.53. The molecule has 7 heteroatoms. The van der Waals surface area contributed by atoms with Gasteiger partial charge < -0.3 is 20.4 Å². The first-order valence-corrected chi connectivity index (χ1v) is 8.85. The molecule has 1 atom stereocenters. The number of nitrogens with zero attached hydrogens (tertiary/aromatic N) is 1. The molecule has 0 aliphatic heterocycles. The van der Waals surface area contributed by atoms with Gasteiger partial charge in [0.2, 0.25) is 0 Å². The van der Waals surface area contributed by atoms with Crippen molar-refractivity contribution in [1.82, 2.24) is 16.0 Å². The van der Waals surface area contributed by atoms with Gasteiger partial charge in [0.05, 0.1) is 6.26 Å². The fourth-order valence-electron chi connectivity index (χ4n) is 2.19. The molecule has 2 rings (SSSR count). The van der Waals surface area contributed by atoms with E-state index in [0.29, 0.717) is 24.8 Å². The minimum atomic E-state index is -0.214. The fraction of sp³-hybridized carbons (Fsp3) is 0.412. The van der Waals surface area contributed by atoms with E-state index in [1.807, 2.05) is 0 Å². The van der Waals surface area contributed by atoms with Gasteiger partial charge in [-0.2, -0.15) is 0 Å². The predicted molar refractivity (Wildman–Crippen MR) is 97.6 cm³/mol. The molecule has 0 bridgehead atoms. The smallest absolute Gasteiger partial charge is 0.287 e. The average molecular weight is 348 g/mol. The summed E-state index contributed by atoms with van der Waals surface area (Å²) in [6.45, 7) is 4.14. The Morgan fingerprint density at radius 2 is 2.08 bits per heavy atom. The van der Waals surface area contributed by atoms with E-state index in [9.17, 15) is 4.79 Å². The van der Waals surface area contributed by atoms with Crippen molar-refractivity contribution in [3.8, 4) is 0 Å². The Labute approximate surface area is 146 Å². The molecule has 1 amide bonds. The van der Waals surface area contributed by atoms with Gasteiger partial charge in [-0.05, 0) is 35.9 Å². The fourth-order valence-corrected chi connectivity index (χ4v) is 3.06. The highest BCUT2D eigenvalue weighted by Crippen LogP contribution is 2.13. The first-order valence-electron chi connectivity index (χ1n) is 7.97. The summed E-state index contributed by atoms with van der Waals surface area (Å²) < 4.78 is 5.03. The topological polar surface area (TPSA) is 78.7 Å². The van der Waals surface area contributed by atoms with Crippen LogP contribution in [0, 0.1) is 5.92 Å². The summed E-state index contributed by atoms with van der Waals surface area (Å²) in [7, 11) is 1.74. The Morgan fingerprint density at radius 3 is 2.75 bits per heavy atom. The lowest BCUT2D eigenvalue weighted by Gasteiger charge is -2.15. The third-order valence-corrected chi connectivity index (χ3v) is 4.32. The maximum Gasteiger partial charge on any atom is 0.287 e. The van der Waals surface area contributed by atoms with Crippen LogP contribution in [-0.4, -0.2) is 38.5 Å². The minimum absolute atomic E-state index is 0.214. The zero-order valence-corrected chi connectivity index (χ0v) is 14.9. The number of nitrogens with one attached hydrogen (secondary N) is 3. The monoisotopic (exact) mass is 348 g/mol. The number of furan rings is 1. The van der Waals surface area contributed by atoms with Crippen molar-refractivity contribution in [2.45, 2.75) is 13.3 Å². The van der Waals surface area contributed by atoms with Crippen LogP contribution in [0.4, 0.5) is 0 Å². The number of hydrogen-bond donors (Lipinski definition) is 3. The highest BCUT2D eigenvalue weighted by Gasteiger charge is 2.08. The molecule has 2 aromatic rings. The van der Waals surface area contributed by atoms with E-state index in [-0.39, 0.29) is 5.91 Å². The number of hydrogen-bond acceptors (Lipinski definition) is 4. The lowest BCUT2D eigenvalue weighted by molar-refractivity contribution is 0.0926. The molecule has 0 aromatic carbocycles. The first kappa shape index (κ1) is 18.1. The Bertz CT molecular complexity index is 623. The zero-order valence-electron chi connectivity index (χ0n) is 14.0. The first-order chi connectivity index (χ1) is 11.7. The SMILES string of the molecule is CN=C(NCCNC(=O)c1ccco1)NCC(C)Cc1cccs1. The van der Waals surface area contributed by atoms with Gasteiger partial charge in [-0.3, -0.25) is 9.79 Å². The van der Waals surface area contributed by atoms with Crippen LogP contribution in [0.1, 0.15) is 22.4 Å². The van der Waals surface area contributed by atoms with E-state index < -0.39 is 0 Å². The van der Waals surface area contributed by atoms with Gasteiger partial charge in [0, 0.05) is 31.6 Å². The van der Waals surface area contributed by atoms with Crippen molar-refractivity contribution in [2.75, 3.05) is 26.7 Å². The highest BCUT2D eigenvalue weighted by molar-refractivity contribution is 7.09. The van der Waals surface area contributed by atoms with Crippen LogP contribution in [0.3, 0.4) is 0 Å². The molecule has 2 heterocycles. The molecule has 0 fully saturated rings. The second-order valence-electron chi connectivity index (χ2n) is 5.50. The number of rotatable bonds is 8. The van der Waals surface area contributed by atoms with Crippen molar-refractivity contribution in [3.63, 3.8) is 0 Å². The quantitative estimate of drug-likeness (QED) is 0.388. The number of guanidine groups is 1. The van der Waals surface area contributed by atoms with Crippen LogP contribution in [0.5, 0.6) is 0 Å². The molecule has 1 unspecified atom stereocenters.